The number of nitrogens with two attached hydrogens (primary N) is 1. The number of halogens is 2. The Bertz CT molecular complexity index is 739. The summed E-state index contributed by atoms with van der Waals surface area (Å²) >= 11 is 2.06. The van der Waals surface area contributed by atoms with Gasteiger partial charge in [-0.1, -0.05) is 0 Å². The fourth-order valence-electron chi connectivity index (χ4n) is 1.72. The minimum atomic E-state index is -0.275. The molecule has 2 aromatic carbocycles. The number of aromatic nitrogens is 1. The number of hydrogen-bond acceptors (Lipinski definition) is 3. The van der Waals surface area contributed by atoms with Crippen molar-refractivity contribution in [2.45, 2.75) is 0 Å². The zero-order valence-electron chi connectivity index (χ0n) is 9.15. The molecule has 5 heteroatoms. The molecule has 0 bridgehead atoms. The molecule has 1 heterocycles. The molecule has 0 spiro atoms. The van der Waals surface area contributed by atoms with Crippen molar-refractivity contribution in [2.24, 2.45) is 0 Å². The fraction of sp³-hybridized carbons (Fsp3) is 0. The maximum Gasteiger partial charge on any atom is 0.228 e. The van der Waals surface area contributed by atoms with Crippen LogP contribution in [0, 0.1) is 9.39 Å². The molecule has 0 saturated carbocycles. The van der Waals surface area contributed by atoms with E-state index >= 15 is 0 Å². The molecule has 0 aliphatic carbocycles. The van der Waals surface area contributed by atoms with Gasteiger partial charge in [0.1, 0.15) is 11.3 Å². The third-order valence-electron chi connectivity index (χ3n) is 2.57. The van der Waals surface area contributed by atoms with E-state index in [1.54, 1.807) is 24.3 Å². The number of hydrogen-bond donors (Lipinski definition) is 1. The highest BCUT2D eigenvalue weighted by molar-refractivity contribution is 14.1. The quantitative estimate of drug-likeness (QED) is 0.534. The average Bonchev–Trinajstić information content (AvgIpc) is 2.71. The minimum Gasteiger partial charge on any atom is -0.436 e. The van der Waals surface area contributed by atoms with Crippen LogP contribution in [-0.2, 0) is 0 Å². The first-order valence-corrected chi connectivity index (χ1v) is 6.33. The van der Waals surface area contributed by atoms with Crippen LogP contribution in [0.4, 0.5) is 10.1 Å². The lowest BCUT2D eigenvalue weighted by Gasteiger charge is -1.98. The van der Waals surface area contributed by atoms with Gasteiger partial charge in [0.05, 0.1) is 5.56 Å². The summed E-state index contributed by atoms with van der Waals surface area (Å²) in [5.41, 5.74) is 8.44. The highest BCUT2D eigenvalue weighted by Gasteiger charge is 2.11. The predicted molar refractivity (Wildman–Crippen MR) is 76.5 cm³/mol. The number of rotatable bonds is 1. The lowest BCUT2D eigenvalue weighted by molar-refractivity contribution is 0.615. The largest absolute Gasteiger partial charge is 0.436 e. The molecular weight excluding hydrogens is 346 g/mol. The maximum atomic E-state index is 13.0. The lowest BCUT2D eigenvalue weighted by atomic mass is 10.2. The van der Waals surface area contributed by atoms with Gasteiger partial charge in [0.2, 0.25) is 5.89 Å². The standard InChI is InChI=1S/C13H8FIN2O/c14-7-1-3-9(10(15)5-7)13-17-11-4-2-8(16)6-12(11)18-13/h1-6H,16H2. The van der Waals surface area contributed by atoms with E-state index in [9.17, 15) is 4.39 Å². The maximum absolute atomic E-state index is 13.0. The smallest absolute Gasteiger partial charge is 0.228 e. The van der Waals surface area contributed by atoms with Crippen LogP contribution < -0.4 is 5.73 Å². The first-order valence-electron chi connectivity index (χ1n) is 5.25. The van der Waals surface area contributed by atoms with Crippen LogP contribution in [0.5, 0.6) is 0 Å². The van der Waals surface area contributed by atoms with E-state index in [0.29, 0.717) is 17.2 Å². The molecule has 0 aliphatic heterocycles. The van der Waals surface area contributed by atoms with Crippen LogP contribution in [0.15, 0.2) is 40.8 Å². The molecule has 2 N–H and O–H groups in total. The van der Waals surface area contributed by atoms with Crippen molar-refractivity contribution in [1.82, 2.24) is 4.98 Å². The van der Waals surface area contributed by atoms with Gasteiger partial charge in [0.25, 0.3) is 0 Å². The molecule has 90 valence electrons. The number of nitrogen functional groups attached to an aromatic ring is 1. The van der Waals surface area contributed by atoms with Gasteiger partial charge in [-0.25, -0.2) is 9.37 Å². The van der Waals surface area contributed by atoms with E-state index in [0.717, 1.165) is 14.7 Å². The molecule has 0 fully saturated rings. The lowest BCUT2D eigenvalue weighted by Crippen LogP contribution is -1.84. The van der Waals surface area contributed by atoms with Gasteiger partial charge in [-0.05, 0) is 52.9 Å². The van der Waals surface area contributed by atoms with Crippen LogP contribution in [0.25, 0.3) is 22.6 Å². The van der Waals surface area contributed by atoms with Crippen molar-refractivity contribution >= 4 is 39.4 Å². The Hall–Kier alpha value is -1.63. The van der Waals surface area contributed by atoms with Gasteiger partial charge >= 0.3 is 0 Å². The van der Waals surface area contributed by atoms with Gasteiger partial charge in [0, 0.05) is 15.3 Å². The van der Waals surface area contributed by atoms with Crippen molar-refractivity contribution in [3.63, 3.8) is 0 Å². The minimum absolute atomic E-state index is 0.275. The Morgan fingerprint density at radius 3 is 2.78 bits per heavy atom. The van der Waals surface area contributed by atoms with E-state index in [2.05, 4.69) is 27.6 Å². The number of fused-ring (bicyclic) bond motifs is 1. The van der Waals surface area contributed by atoms with Gasteiger partial charge in [-0.2, -0.15) is 0 Å². The number of oxazole rings is 1. The topological polar surface area (TPSA) is 52.0 Å². The molecule has 0 saturated heterocycles. The van der Waals surface area contributed by atoms with Crippen LogP contribution >= 0.6 is 22.6 Å². The second-order valence-electron chi connectivity index (χ2n) is 3.87. The van der Waals surface area contributed by atoms with Gasteiger partial charge in [-0.3, -0.25) is 0 Å². The first kappa shape index (κ1) is 11.5. The molecule has 0 amide bonds. The van der Waals surface area contributed by atoms with Crippen molar-refractivity contribution in [1.29, 1.82) is 0 Å². The van der Waals surface area contributed by atoms with E-state index < -0.39 is 0 Å². The average molecular weight is 354 g/mol. The molecule has 3 aromatic rings. The highest BCUT2D eigenvalue weighted by atomic mass is 127. The summed E-state index contributed by atoms with van der Waals surface area (Å²) in [6, 6.07) is 9.78. The van der Waals surface area contributed by atoms with Crippen LogP contribution in [0.1, 0.15) is 0 Å². The molecular formula is C13H8FIN2O. The van der Waals surface area contributed by atoms with Gasteiger partial charge in [0.15, 0.2) is 5.58 Å². The van der Waals surface area contributed by atoms with E-state index in [1.165, 1.54) is 12.1 Å². The Kier molecular flexibility index (Phi) is 2.70. The summed E-state index contributed by atoms with van der Waals surface area (Å²) in [6.45, 7) is 0. The summed E-state index contributed by atoms with van der Waals surface area (Å²) in [6.07, 6.45) is 0. The number of benzene rings is 2. The molecule has 18 heavy (non-hydrogen) atoms. The monoisotopic (exact) mass is 354 g/mol. The summed E-state index contributed by atoms with van der Waals surface area (Å²) in [5.74, 6) is 0.198. The molecule has 0 radical (unpaired) electrons. The van der Waals surface area contributed by atoms with Crippen molar-refractivity contribution < 1.29 is 8.81 Å². The summed E-state index contributed by atoms with van der Waals surface area (Å²) in [4.78, 5) is 4.37. The zero-order valence-corrected chi connectivity index (χ0v) is 11.3. The van der Waals surface area contributed by atoms with Crippen LogP contribution in [0.3, 0.4) is 0 Å². The first-order chi connectivity index (χ1) is 8.63. The number of anilines is 1. The van der Waals surface area contributed by atoms with E-state index in [4.69, 9.17) is 10.2 Å². The summed E-state index contributed by atoms with van der Waals surface area (Å²) in [7, 11) is 0. The molecule has 0 atom stereocenters. The zero-order chi connectivity index (χ0) is 12.7. The molecule has 0 unspecified atom stereocenters. The van der Waals surface area contributed by atoms with Crippen LogP contribution in [-0.4, -0.2) is 4.98 Å². The van der Waals surface area contributed by atoms with Crippen molar-refractivity contribution in [2.75, 3.05) is 5.73 Å². The van der Waals surface area contributed by atoms with Crippen LogP contribution in [0.2, 0.25) is 0 Å². The van der Waals surface area contributed by atoms with Gasteiger partial charge in [-0.15, -0.1) is 0 Å². The second kappa shape index (κ2) is 4.24. The SMILES string of the molecule is Nc1ccc2nc(-c3ccc(F)cc3I)oc2c1. The molecule has 3 nitrogen and oxygen atoms in total. The Morgan fingerprint density at radius 1 is 1.17 bits per heavy atom. The van der Waals surface area contributed by atoms with E-state index in [1.807, 2.05) is 0 Å². The van der Waals surface area contributed by atoms with Crippen molar-refractivity contribution in [3.8, 4) is 11.5 Å². The van der Waals surface area contributed by atoms with Gasteiger partial charge < -0.3 is 10.2 Å². The van der Waals surface area contributed by atoms with E-state index in [-0.39, 0.29) is 5.82 Å². The normalized spacial score (nSPS) is 11.0. The number of nitrogens with zero attached hydrogens (tertiary/aromatic N) is 1. The molecule has 3 rings (SSSR count). The summed E-state index contributed by atoms with van der Waals surface area (Å²) in [5, 5.41) is 0. The molecule has 1 aromatic heterocycles. The fourth-order valence-corrected chi connectivity index (χ4v) is 2.43. The highest BCUT2D eigenvalue weighted by Crippen LogP contribution is 2.29. The summed E-state index contributed by atoms with van der Waals surface area (Å²) < 4.78 is 19.4. The predicted octanol–water partition coefficient (Wildman–Crippen LogP) is 3.82. The molecule has 0 aliphatic rings. The Labute approximate surface area is 116 Å². The third-order valence-corrected chi connectivity index (χ3v) is 3.47. The van der Waals surface area contributed by atoms with Crippen molar-refractivity contribution in [3.05, 3.63) is 45.8 Å². The third kappa shape index (κ3) is 1.94. The second-order valence-corrected chi connectivity index (χ2v) is 5.03. The Balaban J connectivity index is 2.19. The Morgan fingerprint density at radius 2 is 2.00 bits per heavy atom.